The first-order chi connectivity index (χ1) is 24.5. The highest BCUT2D eigenvalue weighted by atomic mass is 15.1. The number of rotatable bonds is 3. The average Bonchev–Trinajstić information content (AvgIpc) is 3.64. The van der Waals surface area contributed by atoms with Gasteiger partial charge in [-0.25, -0.2) is 4.98 Å². The maximum atomic E-state index is 9.83. The summed E-state index contributed by atoms with van der Waals surface area (Å²) in [5.41, 5.74) is 4.86. The van der Waals surface area contributed by atoms with E-state index in [-0.39, 0.29) is 47.4 Å². The van der Waals surface area contributed by atoms with Crippen molar-refractivity contribution in [2.45, 2.75) is 19.3 Å². The number of hydrogen-bond acceptors (Lipinski definition) is 1. The van der Waals surface area contributed by atoms with Crippen LogP contribution in [0.4, 0.5) is 0 Å². The molecule has 0 aliphatic heterocycles. The number of hydrogen-bond donors (Lipinski definition) is 0. The molecule has 1 aromatic heterocycles. The highest BCUT2D eigenvalue weighted by Gasteiger charge is 2.35. The molecular weight excluding hydrogens is 532 g/mol. The van der Waals surface area contributed by atoms with Crippen LogP contribution in [0, 0.1) is 0 Å². The second-order valence-electron chi connectivity index (χ2n) is 11.8. The maximum Gasteiger partial charge on any atom is 0.146 e. The lowest BCUT2D eigenvalue weighted by Crippen LogP contribution is -2.14. The molecular formula is C42H30N2. The van der Waals surface area contributed by atoms with Crippen molar-refractivity contribution in [1.29, 1.82) is 0 Å². The SMILES string of the molecule is [2H]c1c([2H])c([2H])c2c(c1[2H])-c1c([2H])c([2H])c(-c3c4ccccc4c(-c4nc5ccccc5n4-c4ccccc4)c4ccccc34)c([2H])c1C2(C)C. The largest absolute Gasteiger partial charge is 0.292 e. The van der Waals surface area contributed by atoms with E-state index in [2.05, 4.69) is 22.8 Å². The predicted octanol–water partition coefficient (Wildman–Crippen LogP) is 11.0. The number of fused-ring (bicyclic) bond motifs is 6. The van der Waals surface area contributed by atoms with Crippen LogP contribution >= 0.6 is 0 Å². The summed E-state index contributed by atoms with van der Waals surface area (Å²) in [6, 6.07) is 32.7. The zero-order valence-electron chi connectivity index (χ0n) is 31.2. The Bertz CT molecular complexity index is 2750. The van der Waals surface area contributed by atoms with Crippen LogP contribution in [0.2, 0.25) is 0 Å². The summed E-state index contributed by atoms with van der Waals surface area (Å²) in [4.78, 5) is 5.22. The second kappa shape index (κ2) is 9.26. The first-order valence-electron chi connectivity index (χ1n) is 18.3. The van der Waals surface area contributed by atoms with Gasteiger partial charge in [-0.2, -0.15) is 0 Å². The summed E-state index contributed by atoms with van der Waals surface area (Å²) in [6.45, 7) is 3.69. The molecule has 2 nitrogen and oxygen atoms in total. The van der Waals surface area contributed by atoms with E-state index in [0.717, 1.165) is 49.7 Å². The highest BCUT2D eigenvalue weighted by molar-refractivity contribution is 6.21. The van der Waals surface area contributed by atoms with Gasteiger partial charge in [0.25, 0.3) is 0 Å². The van der Waals surface area contributed by atoms with Crippen molar-refractivity contribution < 1.29 is 9.60 Å². The molecule has 7 aromatic carbocycles. The molecule has 2 heteroatoms. The van der Waals surface area contributed by atoms with Crippen molar-refractivity contribution in [2.75, 3.05) is 0 Å². The van der Waals surface area contributed by atoms with Crippen molar-refractivity contribution in [2.24, 2.45) is 0 Å². The van der Waals surface area contributed by atoms with Gasteiger partial charge in [0, 0.05) is 16.7 Å². The monoisotopic (exact) mass is 569 g/mol. The summed E-state index contributed by atoms with van der Waals surface area (Å²) in [5, 5.41) is 3.37. The Kier molecular flexibility index (Phi) is 3.99. The fraction of sp³-hybridized carbons (Fsp3) is 0.0714. The van der Waals surface area contributed by atoms with Gasteiger partial charge in [0.15, 0.2) is 0 Å². The Labute approximate surface area is 266 Å². The Morgan fingerprint density at radius 3 is 1.91 bits per heavy atom. The van der Waals surface area contributed by atoms with Crippen LogP contribution in [0.15, 0.2) is 145 Å². The van der Waals surface area contributed by atoms with Crippen LogP contribution in [-0.2, 0) is 5.41 Å². The van der Waals surface area contributed by atoms with Crippen LogP contribution in [0.3, 0.4) is 0 Å². The summed E-state index contributed by atoms with van der Waals surface area (Å²) in [5.74, 6) is 0.758. The van der Waals surface area contributed by atoms with Gasteiger partial charge in [-0.3, -0.25) is 4.57 Å². The zero-order valence-corrected chi connectivity index (χ0v) is 24.2. The van der Waals surface area contributed by atoms with Crippen LogP contribution in [0.25, 0.3) is 71.9 Å². The highest BCUT2D eigenvalue weighted by Crippen LogP contribution is 2.51. The van der Waals surface area contributed by atoms with Crippen molar-refractivity contribution in [3.05, 3.63) is 157 Å². The zero-order chi connectivity index (χ0) is 35.5. The van der Waals surface area contributed by atoms with Gasteiger partial charge in [0.1, 0.15) is 5.82 Å². The molecule has 0 amide bonds. The molecule has 8 aromatic rings. The molecule has 44 heavy (non-hydrogen) atoms. The van der Waals surface area contributed by atoms with Crippen molar-refractivity contribution >= 4 is 32.6 Å². The molecule has 0 fully saturated rings. The molecule has 208 valence electrons. The third kappa shape index (κ3) is 3.46. The van der Waals surface area contributed by atoms with Gasteiger partial charge >= 0.3 is 0 Å². The van der Waals surface area contributed by atoms with Gasteiger partial charge in [-0.15, -0.1) is 0 Å². The molecule has 1 heterocycles. The third-order valence-electron chi connectivity index (χ3n) is 8.98. The fourth-order valence-corrected chi connectivity index (χ4v) is 6.95. The molecule has 0 saturated heterocycles. The van der Waals surface area contributed by atoms with Crippen LogP contribution < -0.4 is 0 Å². The molecule has 1 aliphatic rings. The average molecular weight is 570 g/mol. The van der Waals surface area contributed by atoms with E-state index in [0.29, 0.717) is 22.3 Å². The molecule has 0 saturated carbocycles. The van der Waals surface area contributed by atoms with Crippen molar-refractivity contribution in [3.8, 4) is 39.3 Å². The van der Waals surface area contributed by atoms with Gasteiger partial charge in [0.05, 0.1) is 20.6 Å². The Hall–Kier alpha value is -5.47. The first-order valence-corrected chi connectivity index (χ1v) is 14.8. The van der Waals surface area contributed by atoms with Crippen molar-refractivity contribution in [1.82, 2.24) is 9.55 Å². The number of imidazole rings is 1. The van der Waals surface area contributed by atoms with E-state index >= 15 is 0 Å². The molecule has 0 spiro atoms. The minimum atomic E-state index is -1.03. The van der Waals surface area contributed by atoms with Gasteiger partial charge in [0.2, 0.25) is 0 Å². The topological polar surface area (TPSA) is 17.8 Å². The van der Waals surface area contributed by atoms with E-state index in [1.165, 1.54) is 0 Å². The summed E-state index contributed by atoms with van der Waals surface area (Å²) in [6.07, 6.45) is 0. The number of para-hydroxylation sites is 3. The third-order valence-corrected chi connectivity index (χ3v) is 8.98. The van der Waals surface area contributed by atoms with E-state index in [1.54, 1.807) is 0 Å². The fourth-order valence-electron chi connectivity index (χ4n) is 6.95. The Morgan fingerprint density at radius 2 is 1.18 bits per heavy atom. The maximum absolute atomic E-state index is 9.83. The molecule has 0 unspecified atom stereocenters. The Balaban J connectivity index is 1.43. The lowest BCUT2D eigenvalue weighted by molar-refractivity contribution is 0.660. The molecule has 0 N–H and O–H groups in total. The second-order valence-corrected chi connectivity index (χ2v) is 11.8. The molecule has 0 bridgehead atoms. The van der Waals surface area contributed by atoms with Gasteiger partial charge in [-0.05, 0) is 85.2 Å². The van der Waals surface area contributed by atoms with Crippen molar-refractivity contribution in [3.63, 3.8) is 0 Å². The van der Waals surface area contributed by atoms with E-state index in [9.17, 15) is 4.11 Å². The number of nitrogens with zero attached hydrogens (tertiary/aromatic N) is 2. The number of benzene rings is 7. The van der Waals surface area contributed by atoms with E-state index < -0.39 is 11.5 Å². The van der Waals surface area contributed by atoms with Crippen LogP contribution in [0.5, 0.6) is 0 Å². The molecule has 9 rings (SSSR count). The normalized spacial score (nSPS) is 15.6. The van der Waals surface area contributed by atoms with Crippen LogP contribution in [-0.4, -0.2) is 9.55 Å². The van der Waals surface area contributed by atoms with E-state index in [1.807, 2.05) is 98.8 Å². The summed E-state index contributed by atoms with van der Waals surface area (Å²) >= 11 is 0. The van der Waals surface area contributed by atoms with Crippen LogP contribution in [0.1, 0.15) is 34.6 Å². The number of aromatic nitrogens is 2. The minimum absolute atomic E-state index is 0.0450. The summed E-state index contributed by atoms with van der Waals surface area (Å²) in [7, 11) is 0. The Morgan fingerprint density at radius 1 is 0.591 bits per heavy atom. The lowest BCUT2D eigenvalue weighted by Gasteiger charge is -2.23. The first kappa shape index (κ1) is 18.9. The van der Waals surface area contributed by atoms with Gasteiger partial charge in [-0.1, -0.05) is 129 Å². The summed E-state index contributed by atoms with van der Waals surface area (Å²) < 4.78 is 65.4. The standard InChI is InChI=1S/C42H30N2/c1-42(2)35-21-11-10-16-29(35)30-25-24-27(26-36(30)42)39-31-17-6-8-19-33(31)40(34-20-9-7-18-32(34)39)41-43-37-22-12-13-23-38(37)44(41)28-14-4-3-5-15-28/h3-26H,1-2H3/i10D,11D,16D,21D,24D,25D,26D. The predicted molar refractivity (Wildman–Crippen MR) is 185 cm³/mol. The smallest absolute Gasteiger partial charge is 0.146 e. The minimum Gasteiger partial charge on any atom is -0.292 e. The quantitative estimate of drug-likeness (QED) is 0.194. The molecule has 0 atom stereocenters. The molecule has 0 radical (unpaired) electrons. The lowest BCUT2D eigenvalue weighted by atomic mass is 9.80. The van der Waals surface area contributed by atoms with Gasteiger partial charge < -0.3 is 0 Å². The van der Waals surface area contributed by atoms with E-state index in [4.69, 9.17) is 10.5 Å². The molecule has 1 aliphatic carbocycles.